The van der Waals surface area contributed by atoms with Crippen molar-refractivity contribution in [2.24, 2.45) is 5.10 Å². The number of amides is 1. The average Bonchev–Trinajstić information content (AvgIpc) is 2.67. The van der Waals surface area contributed by atoms with Gasteiger partial charge >= 0.3 is 0 Å². The van der Waals surface area contributed by atoms with Gasteiger partial charge in [-0.3, -0.25) is 4.79 Å². The number of rotatable bonds is 5. The predicted octanol–water partition coefficient (Wildman–Crippen LogP) is 4.94. The number of benzene rings is 3. The normalized spacial score (nSPS) is 12.7. The van der Waals surface area contributed by atoms with Crippen LogP contribution in [0.5, 0.6) is 0 Å². The zero-order valence-electron chi connectivity index (χ0n) is 14.7. The van der Waals surface area contributed by atoms with Crippen molar-refractivity contribution in [2.75, 3.05) is 5.32 Å². The highest BCUT2D eigenvalue weighted by molar-refractivity contribution is 9.10. The molecule has 3 aromatic rings. The minimum Gasteiger partial charge on any atom is -0.374 e. The molecule has 2 N–H and O–H groups in total. The Balaban J connectivity index is 1.65. The van der Waals surface area contributed by atoms with Crippen molar-refractivity contribution in [3.63, 3.8) is 0 Å². The molecule has 0 aromatic heterocycles. The van der Waals surface area contributed by atoms with E-state index in [-0.39, 0.29) is 5.91 Å². The second-order valence-electron chi connectivity index (χ2n) is 6.11. The van der Waals surface area contributed by atoms with Gasteiger partial charge in [-0.25, -0.2) is 5.43 Å². The van der Waals surface area contributed by atoms with Gasteiger partial charge in [-0.1, -0.05) is 52.3 Å². The molecule has 0 bridgehead atoms. The molecule has 132 valence electrons. The maximum Gasteiger partial charge on any atom is 0.262 e. The van der Waals surface area contributed by atoms with Gasteiger partial charge in [-0.15, -0.1) is 0 Å². The number of nitrogens with zero attached hydrogens (tertiary/aromatic N) is 1. The van der Waals surface area contributed by atoms with Crippen molar-refractivity contribution in [2.45, 2.75) is 19.9 Å². The summed E-state index contributed by atoms with van der Waals surface area (Å²) in [4.78, 5) is 12.3. The maximum atomic E-state index is 12.3. The van der Waals surface area contributed by atoms with Crippen LogP contribution >= 0.6 is 15.9 Å². The molecular formula is C21H20BrN3O. The molecule has 4 nitrogen and oxygen atoms in total. The van der Waals surface area contributed by atoms with Crippen molar-refractivity contribution in [1.29, 1.82) is 0 Å². The maximum absolute atomic E-state index is 12.3. The van der Waals surface area contributed by atoms with Crippen molar-refractivity contribution in [3.8, 4) is 0 Å². The largest absolute Gasteiger partial charge is 0.374 e. The van der Waals surface area contributed by atoms with E-state index in [0.29, 0.717) is 0 Å². The fourth-order valence-electron chi connectivity index (χ4n) is 2.58. The Morgan fingerprint density at radius 1 is 1.00 bits per heavy atom. The van der Waals surface area contributed by atoms with Crippen LogP contribution < -0.4 is 10.7 Å². The molecule has 3 rings (SSSR count). The lowest BCUT2D eigenvalue weighted by Gasteiger charge is -2.14. The lowest BCUT2D eigenvalue weighted by Crippen LogP contribution is -2.35. The lowest BCUT2D eigenvalue weighted by atomic mass is 10.0. The van der Waals surface area contributed by atoms with Gasteiger partial charge in [-0.2, -0.15) is 5.10 Å². The van der Waals surface area contributed by atoms with E-state index >= 15 is 0 Å². The zero-order valence-corrected chi connectivity index (χ0v) is 16.2. The fourth-order valence-corrected chi connectivity index (χ4v) is 2.84. The minimum absolute atomic E-state index is 0.187. The highest BCUT2D eigenvalue weighted by atomic mass is 79.9. The monoisotopic (exact) mass is 409 g/mol. The third-order valence-electron chi connectivity index (χ3n) is 4.12. The van der Waals surface area contributed by atoms with Crippen molar-refractivity contribution >= 4 is 44.0 Å². The van der Waals surface area contributed by atoms with Gasteiger partial charge in [0.2, 0.25) is 0 Å². The van der Waals surface area contributed by atoms with E-state index < -0.39 is 6.04 Å². The Morgan fingerprint density at radius 3 is 2.42 bits per heavy atom. The molecule has 0 radical (unpaired) electrons. The molecule has 0 heterocycles. The Kier molecular flexibility index (Phi) is 5.68. The van der Waals surface area contributed by atoms with E-state index in [0.717, 1.165) is 26.8 Å². The highest BCUT2D eigenvalue weighted by Gasteiger charge is 2.12. The van der Waals surface area contributed by atoms with Crippen molar-refractivity contribution < 1.29 is 4.79 Å². The second-order valence-corrected chi connectivity index (χ2v) is 7.02. The summed E-state index contributed by atoms with van der Waals surface area (Å²) in [6.45, 7) is 3.69. The molecule has 26 heavy (non-hydrogen) atoms. The van der Waals surface area contributed by atoms with E-state index in [1.54, 1.807) is 6.92 Å². The molecule has 0 spiro atoms. The number of anilines is 1. The molecule has 0 aliphatic heterocycles. The predicted molar refractivity (Wildman–Crippen MR) is 112 cm³/mol. The van der Waals surface area contributed by atoms with Gasteiger partial charge in [0.05, 0.1) is 5.71 Å². The topological polar surface area (TPSA) is 53.5 Å². The van der Waals surface area contributed by atoms with Crippen LogP contribution in [0.15, 0.2) is 76.3 Å². The Bertz CT molecular complexity index is 951. The van der Waals surface area contributed by atoms with E-state index in [9.17, 15) is 4.79 Å². The number of carbonyl (C=O) groups is 1. The van der Waals surface area contributed by atoms with E-state index in [2.05, 4.69) is 56.0 Å². The number of halogens is 1. The second kappa shape index (κ2) is 8.15. The van der Waals surface area contributed by atoms with Crippen LogP contribution in [0.1, 0.15) is 19.4 Å². The number of hydrogen-bond acceptors (Lipinski definition) is 3. The summed E-state index contributed by atoms with van der Waals surface area (Å²) >= 11 is 3.39. The first-order valence-electron chi connectivity index (χ1n) is 8.38. The molecule has 0 unspecified atom stereocenters. The standard InChI is InChI=1S/C21H20BrN3O/c1-14(17-8-7-16-5-3-4-6-18(16)13-17)24-25-21(26)15(2)23-20-11-9-19(22)10-12-20/h3-13,15,23H,1-2H3,(H,25,26)/t15-/m1/s1. The number of carbonyl (C=O) groups excluding carboxylic acids is 1. The fraction of sp³-hybridized carbons (Fsp3) is 0.143. The SMILES string of the molecule is CC(=NNC(=O)[C@@H](C)Nc1ccc(Br)cc1)c1ccc2ccccc2c1. The Hall–Kier alpha value is -2.66. The molecule has 1 atom stereocenters. The van der Waals surface area contributed by atoms with Crippen LogP contribution in [-0.4, -0.2) is 17.7 Å². The summed E-state index contributed by atoms with van der Waals surface area (Å²) in [6, 6.07) is 21.6. The lowest BCUT2D eigenvalue weighted by molar-refractivity contribution is -0.121. The van der Waals surface area contributed by atoms with Crippen molar-refractivity contribution in [3.05, 3.63) is 76.8 Å². The van der Waals surface area contributed by atoms with Crippen LogP contribution in [0.2, 0.25) is 0 Å². The summed E-state index contributed by atoms with van der Waals surface area (Å²) in [5.74, 6) is -0.187. The zero-order chi connectivity index (χ0) is 18.5. The summed E-state index contributed by atoms with van der Waals surface area (Å²) < 4.78 is 0.996. The van der Waals surface area contributed by atoms with Crippen LogP contribution in [0.3, 0.4) is 0 Å². The third-order valence-corrected chi connectivity index (χ3v) is 4.65. The minimum atomic E-state index is -0.399. The van der Waals surface area contributed by atoms with Crippen LogP contribution in [0, 0.1) is 0 Å². The van der Waals surface area contributed by atoms with Gasteiger partial charge in [-0.05, 0) is 60.5 Å². The number of hydrazone groups is 1. The van der Waals surface area contributed by atoms with Crippen molar-refractivity contribution in [1.82, 2.24) is 5.43 Å². The number of fused-ring (bicyclic) bond motifs is 1. The quantitative estimate of drug-likeness (QED) is 0.462. The first kappa shape index (κ1) is 18.1. The molecule has 0 saturated carbocycles. The molecule has 0 saturated heterocycles. The molecule has 0 aliphatic carbocycles. The summed E-state index contributed by atoms with van der Waals surface area (Å²) in [7, 11) is 0. The summed E-state index contributed by atoms with van der Waals surface area (Å²) in [6.07, 6.45) is 0. The number of hydrogen-bond donors (Lipinski definition) is 2. The molecule has 5 heteroatoms. The first-order valence-corrected chi connectivity index (χ1v) is 9.17. The van der Waals surface area contributed by atoms with E-state index in [1.807, 2.05) is 49.4 Å². The van der Waals surface area contributed by atoms with Crippen LogP contribution in [0.25, 0.3) is 10.8 Å². The third kappa shape index (κ3) is 4.49. The van der Waals surface area contributed by atoms with Gasteiger partial charge in [0, 0.05) is 10.2 Å². The smallest absolute Gasteiger partial charge is 0.262 e. The number of nitrogens with one attached hydrogen (secondary N) is 2. The Labute approximate surface area is 161 Å². The van der Waals surface area contributed by atoms with Gasteiger partial charge in [0.25, 0.3) is 5.91 Å². The molecule has 3 aromatic carbocycles. The highest BCUT2D eigenvalue weighted by Crippen LogP contribution is 2.16. The van der Waals surface area contributed by atoms with Crippen LogP contribution in [0.4, 0.5) is 5.69 Å². The first-order chi connectivity index (χ1) is 12.5. The van der Waals surface area contributed by atoms with Gasteiger partial charge in [0.1, 0.15) is 6.04 Å². The molecular weight excluding hydrogens is 390 g/mol. The summed E-state index contributed by atoms with van der Waals surface area (Å²) in [5, 5.41) is 9.73. The summed E-state index contributed by atoms with van der Waals surface area (Å²) in [5.41, 5.74) is 5.27. The average molecular weight is 410 g/mol. The molecule has 1 amide bonds. The van der Waals surface area contributed by atoms with Gasteiger partial charge in [0.15, 0.2) is 0 Å². The van der Waals surface area contributed by atoms with Gasteiger partial charge < -0.3 is 5.32 Å². The van der Waals surface area contributed by atoms with E-state index in [4.69, 9.17) is 0 Å². The molecule has 0 aliphatic rings. The van der Waals surface area contributed by atoms with Crippen LogP contribution in [-0.2, 0) is 4.79 Å². The Morgan fingerprint density at radius 2 is 1.69 bits per heavy atom. The molecule has 0 fully saturated rings. The van der Waals surface area contributed by atoms with E-state index in [1.165, 1.54) is 5.39 Å².